The first-order valence-electron chi connectivity index (χ1n) is 5.10. The molecule has 0 amide bonds. The van der Waals surface area contributed by atoms with Crippen LogP contribution in [0, 0.1) is 0 Å². The van der Waals surface area contributed by atoms with E-state index in [0.717, 1.165) is 16.5 Å². The normalized spacial score (nSPS) is 12.9. The van der Waals surface area contributed by atoms with Gasteiger partial charge in [0.2, 0.25) is 0 Å². The van der Waals surface area contributed by atoms with Gasteiger partial charge in [0.25, 0.3) is 0 Å². The van der Waals surface area contributed by atoms with Gasteiger partial charge >= 0.3 is 5.97 Å². The van der Waals surface area contributed by atoms with E-state index in [1.54, 1.807) is 0 Å². The summed E-state index contributed by atoms with van der Waals surface area (Å²) in [5.74, 6) is -0.965. The Labute approximate surface area is 93.3 Å². The molecular weight excluding hydrogens is 204 g/mol. The van der Waals surface area contributed by atoms with Crippen LogP contribution in [-0.2, 0) is 18.3 Å². The molecule has 0 aliphatic carbocycles. The summed E-state index contributed by atoms with van der Waals surface area (Å²) in [6.45, 7) is 0. The first-order valence-corrected chi connectivity index (χ1v) is 5.10. The number of rotatable bonds is 3. The van der Waals surface area contributed by atoms with Gasteiger partial charge in [-0.25, -0.2) is 0 Å². The molecule has 4 heteroatoms. The van der Waals surface area contributed by atoms with Crippen LogP contribution in [0.4, 0.5) is 0 Å². The molecule has 0 saturated carbocycles. The molecule has 0 aliphatic rings. The maximum absolute atomic E-state index is 10.6. The zero-order valence-corrected chi connectivity index (χ0v) is 9.05. The van der Waals surface area contributed by atoms with E-state index in [0.29, 0.717) is 6.42 Å². The van der Waals surface area contributed by atoms with Gasteiger partial charge in [0.1, 0.15) is 6.04 Å². The molecule has 84 valence electrons. The van der Waals surface area contributed by atoms with Gasteiger partial charge in [0, 0.05) is 18.8 Å². The second-order valence-electron chi connectivity index (χ2n) is 3.97. The van der Waals surface area contributed by atoms with E-state index < -0.39 is 12.0 Å². The van der Waals surface area contributed by atoms with Crippen LogP contribution < -0.4 is 5.73 Å². The molecule has 1 unspecified atom stereocenters. The van der Waals surface area contributed by atoms with Crippen molar-refractivity contribution in [2.75, 3.05) is 0 Å². The number of carboxylic acid groups (broad SMARTS) is 1. The molecule has 4 nitrogen and oxygen atoms in total. The van der Waals surface area contributed by atoms with Gasteiger partial charge in [-0.15, -0.1) is 0 Å². The van der Waals surface area contributed by atoms with Crippen LogP contribution in [0.3, 0.4) is 0 Å². The number of carbonyl (C=O) groups is 1. The molecule has 0 saturated heterocycles. The number of aromatic nitrogens is 1. The summed E-state index contributed by atoms with van der Waals surface area (Å²) in [6, 6.07) is 7.06. The van der Waals surface area contributed by atoms with Gasteiger partial charge in [-0.1, -0.05) is 6.07 Å². The highest BCUT2D eigenvalue weighted by Crippen LogP contribution is 2.17. The molecule has 2 aromatic rings. The second-order valence-corrected chi connectivity index (χ2v) is 3.97. The van der Waals surface area contributed by atoms with Crippen molar-refractivity contribution in [3.05, 3.63) is 36.0 Å². The fourth-order valence-corrected chi connectivity index (χ4v) is 1.80. The minimum atomic E-state index is -0.965. The number of hydrogen-bond donors (Lipinski definition) is 2. The molecule has 1 aromatic carbocycles. The number of carboxylic acids is 1. The van der Waals surface area contributed by atoms with Gasteiger partial charge in [-0.2, -0.15) is 0 Å². The molecule has 0 bridgehead atoms. The molecule has 1 aromatic heterocycles. The van der Waals surface area contributed by atoms with Crippen molar-refractivity contribution in [2.24, 2.45) is 12.8 Å². The van der Waals surface area contributed by atoms with Crippen molar-refractivity contribution in [1.29, 1.82) is 0 Å². The van der Waals surface area contributed by atoms with Crippen molar-refractivity contribution >= 4 is 16.9 Å². The van der Waals surface area contributed by atoms with Crippen molar-refractivity contribution in [1.82, 2.24) is 4.57 Å². The summed E-state index contributed by atoms with van der Waals surface area (Å²) in [6.07, 6.45) is 2.34. The van der Waals surface area contributed by atoms with Crippen molar-refractivity contribution < 1.29 is 9.90 Å². The lowest BCUT2D eigenvalue weighted by Gasteiger charge is -2.06. The van der Waals surface area contributed by atoms with Crippen LogP contribution >= 0.6 is 0 Å². The Hall–Kier alpha value is -1.81. The van der Waals surface area contributed by atoms with Gasteiger partial charge in [0.05, 0.1) is 0 Å². The standard InChI is InChI=1S/C12H14N2O2/c1-14-5-4-9-6-8(2-3-11(9)14)7-10(13)12(15)16/h2-6,10H,7,13H2,1H3,(H,15,16). The molecule has 1 heterocycles. The maximum Gasteiger partial charge on any atom is 0.320 e. The third kappa shape index (κ3) is 1.92. The smallest absolute Gasteiger partial charge is 0.320 e. The fraction of sp³-hybridized carbons (Fsp3) is 0.250. The molecule has 3 N–H and O–H groups in total. The predicted molar refractivity (Wildman–Crippen MR) is 62.2 cm³/mol. The molecule has 0 spiro atoms. The van der Waals surface area contributed by atoms with Gasteiger partial charge in [-0.3, -0.25) is 4.79 Å². The topological polar surface area (TPSA) is 68.2 Å². The van der Waals surface area contributed by atoms with E-state index in [9.17, 15) is 4.79 Å². The summed E-state index contributed by atoms with van der Waals surface area (Å²) in [4.78, 5) is 10.6. The zero-order chi connectivity index (χ0) is 11.7. The van der Waals surface area contributed by atoms with Crippen LogP contribution in [0.2, 0.25) is 0 Å². The molecule has 2 rings (SSSR count). The Bertz CT molecular complexity index is 531. The maximum atomic E-state index is 10.6. The first kappa shape index (κ1) is 10.7. The lowest BCUT2D eigenvalue weighted by molar-refractivity contribution is -0.138. The Morgan fingerprint density at radius 2 is 2.25 bits per heavy atom. The van der Waals surface area contributed by atoms with Crippen LogP contribution in [-0.4, -0.2) is 21.7 Å². The van der Waals surface area contributed by atoms with Crippen LogP contribution in [0.1, 0.15) is 5.56 Å². The number of hydrogen-bond acceptors (Lipinski definition) is 2. The van der Waals surface area contributed by atoms with Crippen molar-refractivity contribution in [2.45, 2.75) is 12.5 Å². The minimum Gasteiger partial charge on any atom is -0.480 e. The van der Waals surface area contributed by atoms with Gasteiger partial charge < -0.3 is 15.4 Å². The summed E-state index contributed by atoms with van der Waals surface area (Å²) in [7, 11) is 1.98. The fourth-order valence-electron chi connectivity index (χ4n) is 1.80. The quantitative estimate of drug-likeness (QED) is 0.811. The van der Waals surface area contributed by atoms with Crippen LogP contribution in [0.25, 0.3) is 10.9 Å². The van der Waals surface area contributed by atoms with E-state index in [2.05, 4.69) is 0 Å². The number of aliphatic carboxylic acids is 1. The highest BCUT2D eigenvalue weighted by atomic mass is 16.4. The number of fused-ring (bicyclic) bond motifs is 1. The number of nitrogens with two attached hydrogens (primary N) is 1. The predicted octanol–water partition coefficient (Wildman–Crippen LogP) is 1.13. The molecule has 1 atom stereocenters. The summed E-state index contributed by atoms with van der Waals surface area (Å²) < 4.78 is 2.02. The van der Waals surface area contributed by atoms with Crippen molar-refractivity contribution in [3.63, 3.8) is 0 Å². The minimum absolute atomic E-state index is 0.361. The van der Waals surface area contributed by atoms with Gasteiger partial charge in [0.15, 0.2) is 0 Å². The summed E-state index contributed by atoms with van der Waals surface area (Å²) in [5.41, 5.74) is 7.58. The SMILES string of the molecule is Cn1ccc2cc(CC(N)C(=O)O)ccc21. The third-order valence-electron chi connectivity index (χ3n) is 2.72. The van der Waals surface area contributed by atoms with E-state index in [1.807, 2.05) is 42.1 Å². The molecule has 16 heavy (non-hydrogen) atoms. The lowest BCUT2D eigenvalue weighted by atomic mass is 10.1. The summed E-state index contributed by atoms with van der Waals surface area (Å²) in [5, 5.41) is 9.84. The molecule has 0 aliphatic heterocycles. The Morgan fingerprint density at radius 3 is 2.94 bits per heavy atom. The number of aryl methyl sites for hydroxylation is 1. The average molecular weight is 218 g/mol. The van der Waals surface area contributed by atoms with E-state index in [1.165, 1.54) is 0 Å². The Balaban J connectivity index is 2.29. The number of nitrogens with zero attached hydrogens (tertiary/aromatic N) is 1. The highest BCUT2D eigenvalue weighted by molar-refractivity contribution is 5.81. The van der Waals surface area contributed by atoms with E-state index in [4.69, 9.17) is 10.8 Å². The number of benzene rings is 1. The highest BCUT2D eigenvalue weighted by Gasteiger charge is 2.12. The third-order valence-corrected chi connectivity index (χ3v) is 2.72. The van der Waals surface area contributed by atoms with Crippen molar-refractivity contribution in [3.8, 4) is 0 Å². The van der Waals surface area contributed by atoms with Gasteiger partial charge in [-0.05, 0) is 35.6 Å². The monoisotopic (exact) mass is 218 g/mol. The zero-order valence-electron chi connectivity index (χ0n) is 9.05. The lowest BCUT2D eigenvalue weighted by Crippen LogP contribution is -2.32. The summed E-state index contributed by atoms with van der Waals surface area (Å²) >= 11 is 0. The second kappa shape index (κ2) is 3.98. The average Bonchev–Trinajstić information content (AvgIpc) is 2.60. The van der Waals surface area contributed by atoms with Crippen LogP contribution in [0.15, 0.2) is 30.5 Å². The Kier molecular flexibility index (Phi) is 2.66. The molecular formula is C12H14N2O2. The van der Waals surface area contributed by atoms with Crippen LogP contribution in [0.5, 0.6) is 0 Å². The first-order chi connectivity index (χ1) is 7.58. The Morgan fingerprint density at radius 1 is 1.50 bits per heavy atom. The molecule has 0 radical (unpaired) electrons. The van der Waals surface area contributed by atoms with E-state index >= 15 is 0 Å². The largest absolute Gasteiger partial charge is 0.480 e. The van der Waals surface area contributed by atoms with E-state index in [-0.39, 0.29) is 0 Å². The molecule has 0 fully saturated rings.